The van der Waals surface area contributed by atoms with E-state index in [-0.39, 0.29) is 16.5 Å². The number of hydrogen-bond donors (Lipinski definition) is 1. The number of methoxy groups -OCH3 is 1. The van der Waals surface area contributed by atoms with E-state index < -0.39 is 32.6 Å². The van der Waals surface area contributed by atoms with Gasteiger partial charge >= 0.3 is 5.69 Å². The molecule has 2 aromatic carbocycles. The van der Waals surface area contributed by atoms with Gasteiger partial charge in [-0.15, -0.1) is 0 Å². The molecule has 0 aliphatic carbocycles. The minimum atomic E-state index is -4.32. The lowest BCUT2D eigenvalue weighted by atomic mass is 9.83. The van der Waals surface area contributed by atoms with E-state index in [4.69, 9.17) is 10.6 Å². The summed E-state index contributed by atoms with van der Waals surface area (Å²) in [6.45, 7) is 5.91. The van der Waals surface area contributed by atoms with E-state index in [1.807, 2.05) is 51.1 Å². The van der Waals surface area contributed by atoms with Gasteiger partial charge in [0.05, 0.1) is 12.8 Å². The number of aromatic nitrogens is 2. The van der Waals surface area contributed by atoms with Crippen LogP contribution in [0.5, 0.6) is 5.75 Å². The van der Waals surface area contributed by atoms with Gasteiger partial charge in [0.2, 0.25) is 6.41 Å². The molecule has 34 heavy (non-hydrogen) atoms. The molecule has 0 unspecified atom stereocenters. The first-order valence-corrected chi connectivity index (χ1v) is 11.8. The molecule has 0 fully saturated rings. The van der Waals surface area contributed by atoms with Crippen molar-refractivity contribution in [3.8, 4) is 22.6 Å². The van der Waals surface area contributed by atoms with E-state index in [9.17, 15) is 22.8 Å². The second-order valence-corrected chi connectivity index (χ2v) is 10.5. The standard InChI is InChI=1S/C23H26N4O6S/c1-23(2,3)19-13-17(12-18(21(19)33-4)16-8-6-5-7-9-16)27-20(29)10-11-25(22(27)30)15-34(31,32)26(24)14-28/h5-14H,15,24H2,1-4H3. The van der Waals surface area contributed by atoms with Gasteiger partial charge in [0.25, 0.3) is 15.6 Å². The highest BCUT2D eigenvalue weighted by Gasteiger charge is 2.25. The predicted octanol–water partition coefficient (Wildman–Crippen LogP) is 1.59. The van der Waals surface area contributed by atoms with Crippen LogP contribution in [0.1, 0.15) is 26.3 Å². The van der Waals surface area contributed by atoms with Crippen molar-refractivity contribution in [3.63, 3.8) is 0 Å². The average molecular weight is 487 g/mol. The highest BCUT2D eigenvalue weighted by Crippen LogP contribution is 2.40. The van der Waals surface area contributed by atoms with Crippen LogP contribution in [0.25, 0.3) is 16.8 Å². The molecule has 0 atom stereocenters. The van der Waals surface area contributed by atoms with Crippen molar-refractivity contribution in [3.05, 3.63) is 81.1 Å². The Morgan fingerprint density at radius 1 is 1.09 bits per heavy atom. The van der Waals surface area contributed by atoms with Crippen molar-refractivity contribution in [1.82, 2.24) is 13.5 Å². The average Bonchev–Trinajstić information content (AvgIpc) is 2.79. The van der Waals surface area contributed by atoms with Crippen molar-refractivity contribution < 1.29 is 17.9 Å². The van der Waals surface area contributed by atoms with Crippen LogP contribution in [-0.2, 0) is 26.1 Å². The molecule has 180 valence electrons. The van der Waals surface area contributed by atoms with E-state index in [0.29, 0.717) is 11.3 Å². The fourth-order valence-corrected chi connectivity index (χ4v) is 4.32. The van der Waals surface area contributed by atoms with Gasteiger partial charge in [-0.1, -0.05) is 51.1 Å². The van der Waals surface area contributed by atoms with Crippen LogP contribution >= 0.6 is 0 Å². The zero-order valence-corrected chi connectivity index (χ0v) is 20.1. The van der Waals surface area contributed by atoms with Crippen LogP contribution in [0.2, 0.25) is 0 Å². The van der Waals surface area contributed by atoms with Crippen molar-refractivity contribution in [1.29, 1.82) is 0 Å². The van der Waals surface area contributed by atoms with Crippen LogP contribution in [0, 0.1) is 0 Å². The SMILES string of the molecule is COc1c(-c2ccccc2)cc(-n2c(=O)ccn(CS(=O)(=O)N(N)C=O)c2=O)cc1C(C)(C)C. The van der Waals surface area contributed by atoms with Crippen LogP contribution < -0.4 is 21.8 Å². The number of carbonyl (C=O) groups excluding carboxylic acids is 1. The van der Waals surface area contributed by atoms with Gasteiger partial charge in [-0.2, -0.15) is 4.41 Å². The molecule has 3 rings (SSSR count). The maximum atomic E-state index is 13.2. The van der Waals surface area contributed by atoms with Gasteiger partial charge in [-0.25, -0.2) is 23.6 Å². The Hall–Kier alpha value is -3.70. The third-order valence-electron chi connectivity index (χ3n) is 5.21. The Bertz CT molecular complexity index is 1440. The van der Waals surface area contributed by atoms with E-state index >= 15 is 0 Å². The summed E-state index contributed by atoms with van der Waals surface area (Å²) in [7, 11) is -2.77. The summed E-state index contributed by atoms with van der Waals surface area (Å²) in [6, 6.07) is 13.7. The lowest BCUT2D eigenvalue weighted by Gasteiger charge is -2.25. The maximum Gasteiger partial charge on any atom is 0.336 e. The number of amides is 1. The van der Waals surface area contributed by atoms with Gasteiger partial charge < -0.3 is 4.74 Å². The molecule has 1 amide bonds. The predicted molar refractivity (Wildman–Crippen MR) is 128 cm³/mol. The lowest BCUT2D eigenvalue weighted by molar-refractivity contribution is -0.114. The largest absolute Gasteiger partial charge is 0.496 e. The fraction of sp³-hybridized carbons (Fsp3) is 0.261. The number of hydrogen-bond acceptors (Lipinski definition) is 7. The molecule has 10 nitrogen and oxygen atoms in total. The number of carbonyl (C=O) groups is 1. The van der Waals surface area contributed by atoms with Crippen LogP contribution in [0.4, 0.5) is 0 Å². The molecule has 1 aromatic heterocycles. The molecule has 0 aliphatic rings. The quantitative estimate of drug-likeness (QED) is 0.232. The third kappa shape index (κ3) is 4.80. The Kier molecular flexibility index (Phi) is 6.80. The zero-order chi connectivity index (χ0) is 25.3. The smallest absolute Gasteiger partial charge is 0.336 e. The van der Waals surface area contributed by atoms with E-state index in [2.05, 4.69) is 0 Å². The molecule has 0 saturated heterocycles. The first kappa shape index (κ1) is 24.9. The number of benzene rings is 2. The molecule has 0 bridgehead atoms. The number of hydrazine groups is 1. The first-order valence-electron chi connectivity index (χ1n) is 10.2. The van der Waals surface area contributed by atoms with Crippen molar-refractivity contribution in [2.24, 2.45) is 5.84 Å². The minimum Gasteiger partial charge on any atom is -0.496 e. The fourth-order valence-electron chi connectivity index (χ4n) is 3.51. The van der Waals surface area contributed by atoms with Crippen LogP contribution in [0.15, 0.2) is 64.3 Å². The monoisotopic (exact) mass is 486 g/mol. The summed E-state index contributed by atoms with van der Waals surface area (Å²) >= 11 is 0. The Balaban J connectivity index is 2.33. The van der Waals surface area contributed by atoms with Crippen LogP contribution in [0.3, 0.4) is 0 Å². The minimum absolute atomic E-state index is 0.0204. The normalized spacial score (nSPS) is 11.8. The number of nitrogens with two attached hydrogens (primary N) is 1. The summed E-state index contributed by atoms with van der Waals surface area (Å²) in [6.07, 6.45) is 0.964. The number of rotatable bonds is 7. The zero-order valence-electron chi connectivity index (χ0n) is 19.3. The molecule has 0 saturated carbocycles. The van der Waals surface area contributed by atoms with Gasteiger partial charge in [-0.3, -0.25) is 14.2 Å². The molecular weight excluding hydrogens is 460 g/mol. The molecule has 0 radical (unpaired) electrons. The molecular formula is C23H26N4O6S. The first-order chi connectivity index (χ1) is 15.9. The molecule has 3 aromatic rings. The molecule has 2 N–H and O–H groups in total. The molecule has 0 spiro atoms. The second kappa shape index (κ2) is 9.27. The van der Waals surface area contributed by atoms with Gasteiger partial charge in [-0.05, 0) is 23.1 Å². The van der Waals surface area contributed by atoms with E-state index in [0.717, 1.165) is 32.5 Å². The maximum absolute atomic E-state index is 13.2. The summed E-state index contributed by atoms with van der Waals surface area (Å²) in [5, 5.41) is 0. The number of nitrogens with zero attached hydrogens (tertiary/aromatic N) is 3. The number of ether oxygens (including phenoxy) is 1. The molecule has 0 aliphatic heterocycles. The van der Waals surface area contributed by atoms with Gasteiger partial charge in [0.1, 0.15) is 11.6 Å². The Morgan fingerprint density at radius 2 is 1.74 bits per heavy atom. The summed E-state index contributed by atoms with van der Waals surface area (Å²) < 4.78 is 31.8. The Morgan fingerprint density at radius 3 is 2.29 bits per heavy atom. The summed E-state index contributed by atoms with van der Waals surface area (Å²) in [4.78, 5) is 36.8. The second-order valence-electron chi connectivity index (χ2n) is 8.61. The van der Waals surface area contributed by atoms with E-state index in [1.54, 1.807) is 19.2 Å². The van der Waals surface area contributed by atoms with Crippen molar-refractivity contribution in [2.75, 3.05) is 7.11 Å². The highest BCUT2D eigenvalue weighted by molar-refractivity contribution is 7.88. The van der Waals surface area contributed by atoms with Crippen LogP contribution in [-0.4, -0.2) is 35.5 Å². The van der Waals surface area contributed by atoms with E-state index in [1.165, 1.54) is 0 Å². The van der Waals surface area contributed by atoms with Crippen molar-refractivity contribution in [2.45, 2.75) is 32.1 Å². The summed E-state index contributed by atoms with van der Waals surface area (Å²) in [5.41, 5.74) is 0.482. The lowest BCUT2D eigenvalue weighted by Crippen LogP contribution is -2.43. The number of sulfonamides is 1. The Labute approximate surface area is 196 Å². The topological polar surface area (TPSA) is 134 Å². The van der Waals surface area contributed by atoms with Gasteiger partial charge in [0.15, 0.2) is 0 Å². The van der Waals surface area contributed by atoms with Gasteiger partial charge in [0, 0.05) is 23.4 Å². The molecule has 11 heteroatoms. The molecule has 1 heterocycles. The van der Waals surface area contributed by atoms with Crippen molar-refractivity contribution >= 4 is 16.4 Å². The highest BCUT2D eigenvalue weighted by atomic mass is 32.2. The summed E-state index contributed by atoms with van der Waals surface area (Å²) in [5.74, 6) is 4.87. The third-order valence-corrected chi connectivity index (χ3v) is 6.54.